The summed E-state index contributed by atoms with van der Waals surface area (Å²) < 4.78 is 5.27. The zero-order valence-corrected chi connectivity index (χ0v) is 8.55. The average molecular weight is 200 g/mol. The van der Waals surface area contributed by atoms with E-state index < -0.39 is 0 Å². The lowest BCUT2D eigenvalue weighted by Gasteiger charge is -2.02. The molecule has 1 aromatic heterocycles. The maximum Gasteiger partial charge on any atom is 0.159 e. The standard InChI is InChI=1S/C12H12N2O/c1-2-15-11-8-13-12(14-9-11)10-6-4-3-5-7-10/h3-9H,2H2,1H3. The number of rotatable bonds is 3. The van der Waals surface area contributed by atoms with Gasteiger partial charge >= 0.3 is 0 Å². The van der Waals surface area contributed by atoms with Gasteiger partial charge in [0.25, 0.3) is 0 Å². The molecule has 0 radical (unpaired) electrons. The van der Waals surface area contributed by atoms with E-state index in [1.165, 1.54) is 0 Å². The van der Waals surface area contributed by atoms with Crippen molar-refractivity contribution in [3.63, 3.8) is 0 Å². The summed E-state index contributed by atoms with van der Waals surface area (Å²) in [7, 11) is 0. The van der Waals surface area contributed by atoms with E-state index in [0.717, 1.165) is 11.4 Å². The molecule has 2 rings (SSSR count). The van der Waals surface area contributed by atoms with E-state index in [9.17, 15) is 0 Å². The van der Waals surface area contributed by atoms with E-state index >= 15 is 0 Å². The van der Waals surface area contributed by atoms with Crippen LogP contribution in [0.2, 0.25) is 0 Å². The Hall–Kier alpha value is -1.90. The molecule has 0 aliphatic carbocycles. The van der Waals surface area contributed by atoms with Crippen molar-refractivity contribution in [2.24, 2.45) is 0 Å². The van der Waals surface area contributed by atoms with E-state index in [1.54, 1.807) is 12.4 Å². The second-order valence-corrected chi connectivity index (χ2v) is 3.04. The van der Waals surface area contributed by atoms with Crippen molar-refractivity contribution in [2.45, 2.75) is 6.92 Å². The van der Waals surface area contributed by atoms with Gasteiger partial charge in [-0.2, -0.15) is 0 Å². The summed E-state index contributed by atoms with van der Waals surface area (Å²) in [6.07, 6.45) is 3.39. The van der Waals surface area contributed by atoms with Crippen LogP contribution in [-0.2, 0) is 0 Å². The predicted molar refractivity (Wildman–Crippen MR) is 58.6 cm³/mol. The molecular formula is C12H12N2O. The Kier molecular flexibility index (Phi) is 2.93. The van der Waals surface area contributed by atoms with Crippen LogP contribution in [0.15, 0.2) is 42.7 Å². The van der Waals surface area contributed by atoms with Crippen LogP contribution >= 0.6 is 0 Å². The van der Waals surface area contributed by atoms with Gasteiger partial charge in [0, 0.05) is 5.56 Å². The Balaban J connectivity index is 2.24. The van der Waals surface area contributed by atoms with Gasteiger partial charge in [-0.25, -0.2) is 9.97 Å². The van der Waals surface area contributed by atoms with Gasteiger partial charge in [0.05, 0.1) is 19.0 Å². The molecule has 0 spiro atoms. The van der Waals surface area contributed by atoms with E-state index in [-0.39, 0.29) is 0 Å². The molecule has 2 aromatic rings. The summed E-state index contributed by atoms with van der Waals surface area (Å²) in [6.45, 7) is 2.57. The third-order valence-corrected chi connectivity index (χ3v) is 1.97. The predicted octanol–water partition coefficient (Wildman–Crippen LogP) is 2.54. The highest BCUT2D eigenvalue weighted by atomic mass is 16.5. The van der Waals surface area contributed by atoms with Crippen molar-refractivity contribution in [3.8, 4) is 17.1 Å². The number of ether oxygens (including phenoxy) is 1. The second kappa shape index (κ2) is 4.55. The van der Waals surface area contributed by atoms with Gasteiger partial charge < -0.3 is 4.74 Å². The monoisotopic (exact) mass is 200 g/mol. The van der Waals surface area contributed by atoms with E-state index in [4.69, 9.17) is 4.74 Å². The number of benzene rings is 1. The van der Waals surface area contributed by atoms with Crippen LogP contribution in [-0.4, -0.2) is 16.6 Å². The number of hydrogen-bond donors (Lipinski definition) is 0. The van der Waals surface area contributed by atoms with Gasteiger partial charge in [-0.15, -0.1) is 0 Å². The summed E-state index contributed by atoms with van der Waals surface area (Å²) in [6, 6.07) is 9.87. The molecule has 3 heteroatoms. The molecular weight excluding hydrogens is 188 g/mol. The Labute approximate surface area is 88.8 Å². The minimum atomic E-state index is 0.633. The molecule has 76 valence electrons. The van der Waals surface area contributed by atoms with Gasteiger partial charge in [-0.1, -0.05) is 30.3 Å². The molecule has 0 N–H and O–H groups in total. The summed E-state index contributed by atoms with van der Waals surface area (Å²) in [5.74, 6) is 1.43. The van der Waals surface area contributed by atoms with Crippen molar-refractivity contribution in [1.82, 2.24) is 9.97 Å². The van der Waals surface area contributed by atoms with Crippen LogP contribution in [0.25, 0.3) is 11.4 Å². The van der Waals surface area contributed by atoms with Gasteiger partial charge in [0.2, 0.25) is 0 Å². The molecule has 1 aromatic carbocycles. The number of hydrogen-bond acceptors (Lipinski definition) is 3. The first-order chi connectivity index (χ1) is 7.40. The fraction of sp³-hybridized carbons (Fsp3) is 0.167. The van der Waals surface area contributed by atoms with Crippen LogP contribution in [0.3, 0.4) is 0 Å². The third-order valence-electron chi connectivity index (χ3n) is 1.97. The molecule has 0 saturated carbocycles. The number of aromatic nitrogens is 2. The fourth-order valence-electron chi connectivity index (χ4n) is 1.29. The van der Waals surface area contributed by atoms with Crippen LogP contribution < -0.4 is 4.74 Å². The Morgan fingerprint density at radius 1 is 1.07 bits per heavy atom. The maximum atomic E-state index is 5.27. The highest BCUT2D eigenvalue weighted by Crippen LogP contribution is 2.15. The molecule has 0 aliphatic rings. The average Bonchev–Trinajstić information content (AvgIpc) is 2.32. The van der Waals surface area contributed by atoms with Crippen molar-refractivity contribution < 1.29 is 4.74 Å². The zero-order valence-electron chi connectivity index (χ0n) is 8.55. The zero-order chi connectivity index (χ0) is 10.5. The summed E-state index contributed by atoms with van der Waals surface area (Å²) in [5, 5.41) is 0. The highest BCUT2D eigenvalue weighted by molar-refractivity contribution is 5.54. The van der Waals surface area contributed by atoms with Crippen molar-refractivity contribution in [1.29, 1.82) is 0 Å². The first-order valence-corrected chi connectivity index (χ1v) is 4.90. The Morgan fingerprint density at radius 3 is 2.33 bits per heavy atom. The topological polar surface area (TPSA) is 35.0 Å². The molecule has 0 amide bonds. The largest absolute Gasteiger partial charge is 0.491 e. The molecule has 0 fully saturated rings. The van der Waals surface area contributed by atoms with Gasteiger partial charge in [-0.3, -0.25) is 0 Å². The van der Waals surface area contributed by atoms with E-state index in [2.05, 4.69) is 9.97 Å². The highest BCUT2D eigenvalue weighted by Gasteiger charge is 1.99. The lowest BCUT2D eigenvalue weighted by Crippen LogP contribution is -1.94. The summed E-state index contributed by atoms with van der Waals surface area (Å²) >= 11 is 0. The van der Waals surface area contributed by atoms with Crippen LogP contribution in [0, 0.1) is 0 Å². The molecule has 0 bridgehead atoms. The quantitative estimate of drug-likeness (QED) is 0.763. The fourth-order valence-corrected chi connectivity index (χ4v) is 1.29. The maximum absolute atomic E-state index is 5.27. The normalized spacial score (nSPS) is 9.93. The summed E-state index contributed by atoms with van der Waals surface area (Å²) in [4.78, 5) is 8.46. The lowest BCUT2D eigenvalue weighted by molar-refractivity contribution is 0.337. The smallest absolute Gasteiger partial charge is 0.159 e. The van der Waals surface area contributed by atoms with Gasteiger partial charge in [-0.05, 0) is 6.92 Å². The van der Waals surface area contributed by atoms with E-state index in [0.29, 0.717) is 12.4 Å². The van der Waals surface area contributed by atoms with Crippen LogP contribution in [0.1, 0.15) is 6.92 Å². The molecule has 1 heterocycles. The lowest BCUT2D eigenvalue weighted by atomic mass is 10.2. The summed E-state index contributed by atoms with van der Waals surface area (Å²) in [5.41, 5.74) is 1.01. The Bertz CT molecular complexity index is 411. The molecule has 0 aliphatic heterocycles. The molecule has 0 saturated heterocycles. The van der Waals surface area contributed by atoms with Crippen LogP contribution in [0.5, 0.6) is 5.75 Å². The number of nitrogens with zero attached hydrogens (tertiary/aromatic N) is 2. The second-order valence-electron chi connectivity index (χ2n) is 3.04. The molecule has 0 atom stereocenters. The third kappa shape index (κ3) is 2.31. The molecule has 0 unspecified atom stereocenters. The van der Waals surface area contributed by atoms with Crippen molar-refractivity contribution >= 4 is 0 Å². The molecule has 15 heavy (non-hydrogen) atoms. The van der Waals surface area contributed by atoms with E-state index in [1.807, 2.05) is 37.3 Å². The minimum Gasteiger partial charge on any atom is -0.491 e. The van der Waals surface area contributed by atoms with Crippen molar-refractivity contribution in [2.75, 3.05) is 6.61 Å². The van der Waals surface area contributed by atoms with Gasteiger partial charge in [0.1, 0.15) is 0 Å². The Morgan fingerprint density at radius 2 is 1.73 bits per heavy atom. The minimum absolute atomic E-state index is 0.633. The van der Waals surface area contributed by atoms with Gasteiger partial charge in [0.15, 0.2) is 11.6 Å². The molecule has 3 nitrogen and oxygen atoms in total. The SMILES string of the molecule is CCOc1cnc(-c2ccccc2)nc1. The first kappa shape index (κ1) is 9.65. The van der Waals surface area contributed by atoms with Crippen LogP contribution in [0.4, 0.5) is 0 Å². The van der Waals surface area contributed by atoms with Crippen molar-refractivity contribution in [3.05, 3.63) is 42.7 Å². The first-order valence-electron chi connectivity index (χ1n) is 4.90.